The number of aromatic nitrogens is 2. The molecule has 17 heavy (non-hydrogen) atoms. The summed E-state index contributed by atoms with van der Waals surface area (Å²) in [4.78, 5) is 2.11. The molecule has 2 unspecified atom stereocenters. The van der Waals surface area contributed by atoms with Gasteiger partial charge in [0, 0.05) is 18.8 Å². The third-order valence-corrected chi connectivity index (χ3v) is 4.21. The monoisotopic (exact) mass is 256 g/mol. The predicted octanol–water partition coefficient (Wildman–Crippen LogP) is 1.68. The number of anilines is 1. The van der Waals surface area contributed by atoms with Gasteiger partial charge in [-0.1, -0.05) is 12.0 Å². The van der Waals surface area contributed by atoms with Crippen LogP contribution in [0.25, 0.3) is 0 Å². The van der Waals surface area contributed by atoms with Crippen LogP contribution in [0.5, 0.6) is 0 Å². The molecule has 0 aromatic carbocycles. The van der Waals surface area contributed by atoms with Crippen molar-refractivity contribution in [2.45, 2.75) is 32.4 Å². The molecule has 0 radical (unpaired) electrons. The summed E-state index contributed by atoms with van der Waals surface area (Å²) in [6.07, 6.45) is 1.20. The van der Waals surface area contributed by atoms with Gasteiger partial charge in [0.15, 0.2) is 0 Å². The molecule has 1 aliphatic heterocycles. The molecule has 0 amide bonds. The average molecular weight is 256 g/mol. The van der Waals surface area contributed by atoms with E-state index in [1.165, 1.54) is 12.2 Å². The normalized spacial score (nSPS) is 21.7. The highest BCUT2D eigenvalue weighted by molar-refractivity contribution is 7.99. The highest BCUT2D eigenvalue weighted by Gasteiger charge is 2.24. The number of hydrogen-bond acceptors (Lipinski definition) is 6. The van der Waals surface area contributed by atoms with Gasteiger partial charge in [0.25, 0.3) is 0 Å². The van der Waals surface area contributed by atoms with Crippen LogP contribution in [0.1, 0.15) is 32.2 Å². The minimum Gasteiger partial charge on any atom is -0.406 e. The van der Waals surface area contributed by atoms with Gasteiger partial charge in [-0.2, -0.15) is 11.8 Å². The summed E-state index contributed by atoms with van der Waals surface area (Å²) in [6, 6.07) is 1.28. The van der Waals surface area contributed by atoms with Gasteiger partial charge in [-0.05, 0) is 25.6 Å². The Morgan fingerprint density at radius 2 is 2.41 bits per heavy atom. The van der Waals surface area contributed by atoms with Crippen LogP contribution in [0.2, 0.25) is 0 Å². The minimum atomic E-state index is 0.118. The third-order valence-electron chi connectivity index (χ3n) is 3.07. The van der Waals surface area contributed by atoms with Crippen LogP contribution in [0.4, 0.5) is 6.01 Å². The first-order valence-electron chi connectivity index (χ1n) is 6.09. The first-order valence-corrected chi connectivity index (χ1v) is 7.25. The molecule has 0 aliphatic carbocycles. The predicted molar refractivity (Wildman–Crippen MR) is 70.5 cm³/mol. The van der Waals surface area contributed by atoms with Gasteiger partial charge < -0.3 is 14.6 Å². The van der Waals surface area contributed by atoms with Gasteiger partial charge in [0.2, 0.25) is 5.89 Å². The lowest BCUT2D eigenvalue weighted by Gasteiger charge is -2.20. The van der Waals surface area contributed by atoms with Gasteiger partial charge in [0.05, 0.1) is 6.04 Å². The zero-order valence-corrected chi connectivity index (χ0v) is 11.5. The van der Waals surface area contributed by atoms with Gasteiger partial charge >= 0.3 is 6.01 Å². The Labute approximate surface area is 106 Å². The summed E-state index contributed by atoms with van der Waals surface area (Å²) in [5.41, 5.74) is 0. The topological polar surface area (TPSA) is 54.2 Å². The van der Waals surface area contributed by atoms with Crippen LogP contribution >= 0.6 is 11.8 Å². The molecule has 2 atom stereocenters. The Morgan fingerprint density at radius 1 is 1.59 bits per heavy atom. The van der Waals surface area contributed by atoms with E-state index in [1.807, 2.05) is 25.7 Å². The molecular weight excluding hydrogens is 236 g/mol. The lowest BCUT2D eigenvalue weighted by molar-refractivity contribution is 0.417. The summed E-state index contributed by atoms with van der Waals surface area (Å²) in [7, 11) is 2.03. The first-order chi connectivity index (χ1) is 8.22. The second-order valence-corrected chi connectivity index (χ2v) is 5.48. The van der Waals surface area contributed by atoms with E-state index in [1.54, 1.807) is 0 Å². The molecule has 0 saturated carbocycles. The highest BCUT2D eigenvalue weighted by Crippen LogP contribution is 2.25. The van der Waals surface area contributed by atoms with Crippen molar-refractivity contribution in [1.29, 1.82) is 0 Å². The zero-order valence-electron chi connectivity index (χ0n) is 10.6. The Bertz CT molecular complexity index is 351. The van der Waals surface area contributed by atoms with Crippen molar-refractivity contribution in [1.82, 2.24) is 15.5 Å². The Balaban J connectivity index is 2.01. The van der Waals surface area contributed by atoms with Crippen molar-refractivity contribution in [2.75, 3.05) is 30.0 Å². The van der Waals surface area contributed by atoms with Crippen LogP contribution < -0.4 is 10.2 Å². The standard InChI is InChI=1S/C11H20N4OS/c1-4-12-8(2)10-13-14-11(16-10)15(3)9-5-6-17-7-9/h8-9,12H,4-7H2,1-3H3. The van der Waals surface area contributed by atoms with E-state index in [9.17, 15) is 0 Å². The van der Waals surface area contributed by atoms with Crippen molar-refractivity contribution in [2.24, 2.45) is 0 Å². The maximum atomic E-state index is 5.70. The molecule has 0 spiro atoms. The van der Waals surface area contributed by atoms with E-state index in [0.29, 0.717) is 17.9 Å². The molecular formula is C11H20N4OS. The average Bonchev–Trinajstić information content (AvgIpc) is 3.00. The van der Waals surface area contributed by atoms with Crippen molar-refractivity contribution in [3.63, 3.8) is 0 Å². The van der Waals surface area contributed by atoms with Crippen LogP contribution in [-0.2, 0) is 0 Å². The maximum absolute atomic E-state index is 5.70. The van der Waals surface area contributed by atoms with Crippen molar-refractivity contribution < 1.29 is 4.42 Å². The minimum absolute atomic E-state index is 0.118. The molecule has 1 aliphatic rings. The fourth-order valence-electron chi connectivity index (χ4n) is 1.92. The van der Waals surface area contributed by atoms with Crippen LogP contribution in [0.15, 0.2) is 4.42 Å². The van der Waals surface area contributed by atoms with Gasteiger partial charge in [-0.15, -0.1) is 5.10 Å². The summed E-state index contributed by atoms with van der Waals surface area (Å²) in [5, 5.41) is 11.5. The molecule has 1 N–H and O–H groups in total. The number of hydrogen-bond donors (Lipinski definition) is 1. The van der Waals surface area contributed by atoms with E-state index in [0.717, 1.165) is 12.3 Å². The molecule has 0 bridgehead atoms. The van der Waals surface area contributed by atoms with E-state index in [2.05, 4.69) is 27.3 Å². The number of rotatable bonds is 5. The molecule has 2 rings (SSSR count). The molecule has 96 valence electrons. The van der Waals surface area contributed by atoms with E-state index in [4.69, 9.17) is 4.42 Å². The molecule has 5 nitrogen and oxygen atoms in total. The van der Waals surface area contributed by atoms with Gasteiger partial charge in [-0.25, -0.2) is 0 Å². The number of nitrogens with zero attached hydrogens (tertiary/aromatic N) is 3. The summed E-state index contributed by atoms with van der Waals surface area (Å²) >= 11 is 1.98. The molecule has 1 aromatic heterocycles. The van der Waals surface area contributed by atoms with E-state index in [-0.39, 0.29) is 6.04 Å². The number of nitrogens with one attached hydrogen (secondary N) is 1. The van der Waals surface area contributed by atoms with Crippen LogP contribution in [-0.4, -0.2) is 41.3 Å². The smallest absolute Gasteiger partial charge is 0.318 e. The van der Waals surface area contributed by atoms with Gasteiger partial charge in [-0.3, -0.25) is 0 Å². The second-order valence-electron chi connectivity index (χ2n) is 4.33. The fourth-order valence-corrected chi connectivity index (χ4v) is 3.19. The van der Waals surface area contributed by atoms with E-state index >= 15 is 0 Å². The molecule has 1 fully saturated rings. The lowest BCUT2D eigenvalue weighted by Crippen LogP contribution is -2.31. The highest BCUT2D eigenvalue weighted by atomic mass is 32.2. The van der Waals surface area contributed by atoms with Gasteiger partial charge in [0.1, 0.15) is 0 Å². The quantitative estimate of drug-likeness (QED) is 0.865. The summed E-state index contributed by atoms with van der Waals surface area (Å²) < 4.78 is 5.70. The maximum Gasteiger partial charge on any atom is 0.318 e. The van der Waals surface area contributed by atoms with E-state index < -0.39 is 0 Å². The molecule has 1 saturated heterocycles. The fraction of sp³-hybridized carbons (Fsp3) is 0.818. The van der Waals surface area contributed by atoms with Crippen LogP contribution in [0, 0.1) is 0 Å². The first kappa shape index (κ1) is 12.7. The largest absolute Gasteiger partial charge is 0.406 e. The Hall–Kier alpha value is -0.750. The SMILES string of the molecule is CCNC(C)c1nnc(N(C)C2CCSC2)o1. The lowest BCUT2D eigenvalue weighted by atomic mass is 10.2. The number of thioether (sulfide) groups is 1. The summed E-state index contributed by atoms with van der Waals surface area (Å²) in [6.45, 7) is 5.00. The third kappa shape index (κ3) is 2.93. The molecule has 6 heteroatoms. The van der Waals surface area contributed by atoms with Crippen molar-refractivity contribution in [3.05, 3.63) is 5.89 Å². The van der Waals surface area contributed by atoms with Crippen molar-refractivity contribution in [3.8, 4) is 0 Å². The van der Waals surface area contributed by atoms with Crippen molar-refractivity contribution >= 4 is 17.8 Å². The molecule has 2 heterocycles. The zero-order chi connectivity index (χ0) is 12.3. The summed E-state index contributed by atoms with van der Waals surface area (Å²) in [5.74, 6) is 3.04. The Kier molecular flexibility index (Phi) is 4.28. The second kappa shape index (κ2) is 5.73. The molecule has 1 aromatic rings. The Morgan fingerprint density at radius 3 is 3.06 bits per heavy atom. The van der Waals surface area contributed by atoms with Crippen LogP contribution in [0.3, 0.4) is 0 Å².